The van der Waals surface area contributed by atoms with E-state index in [1.165, 1.54) is 22.3 Å². The normalized spacial score (nSPS) is 12.0. The second-order valence-corrected chi connectivity index (χ2v) is 6.00. The lowest BCUT2D eigenvalue weighted by Crippen LogP contribution is -2.16. The van der Waals surface area contributed by atoms with Crippen LogP contribution >= 0.6 is 0 Å². The van der Waals surface area contributed by atoms with Crippen molar-refractivity contribution in [3.8, 4) is 11.5 Å². The van der Waals surface area contributed by atoms with Crippen molar-refractivity contribution >= 4 is 0 Å². The third kappa shape index (κ3) is 4.26. The Morgan fingerprint density at radius 3 is 2.48 bits per heavy atom. The molecule has 0 bridgehead atoms. The second kappa shape index (κ2) is 8.02. The molecule has 0 spiro atoms. The fourth-order valence-electron chi connectivity index (χ4n) is 2.77. The van der Waals surface area contributed by atoms with Crippen LogP contribution in [0.3, 0.4) is 0 Å². The van der Waals surface area contributed by atoms with Crippen molar-refractivity contribution in [2.75, 3.05) is 20.3 Å². The smallest absolute Gasteiger partial charge is 0.125 e. The highest BCUT2D eigenvalue weighted by Gasteiger charge is 2.12. The van der Waals surface area contributed by atoms with Crippen molar-refractivity contribution in [2.45, 2.75) is 33.1 Å². The van der Waals surface area contributed by atoms with Crippen molar-refractivity contribution in [3.63, 3.8) is 0 Å². The summed E-state index contributed by atoms with van der Waals surface area (Å²) in [5.41, 5.74) is 10.8. The predicted molar refractivity (Wildman–Crippen MR) is 95.6 cm³/mol. The van der Waals surface area contributed by atoms with E-state index in [9.17, 15) is 0 Å². The molecular weight excluding hydrogens is 286 g/mol. The van der Waals surface area contributed by atoms with E-state index in [0.29, 0.717) is 13.2 Å². The van der Waals surface area contributed by atoms with Crippen LogP contribution in [0.25, 0.3) is 0 Å². The Kier molecular flexibility index (Phi) is 6.05. The largest absolute Gasteiger partial charge is 0.497 e. The number of hydrogen-bond donors (Lipinski definition) is 1. The van der Waals surface area contributed by atoms with Gasteiger partial charge in [-0.15, -0.1) is 0 Å². The van der Waals surface area contributed by atoms with Gasteiger partial charge in [0, 0.05) is 0 Å². The van der Waals surface area contributed by atoms with Crippen LogP contribution in [0.15, 0.2) is 36.4 Å². The average Bonchev–Trinajstić information content (AvgIpc) is 2.58. The summed E-state index contributed by atoms with van der Waals surface area (Å²) in [6.45, 7) is 7.57. The summed E-state index contributed by atoms with van der Waals surface area (Å²) in [5, 5.41) is 0. The molecule has 23 heavy (non-hydrogen) atoms. The first-order valence-electron chi connectivity index (χ1n) is 8.10. The van der Waals surface area contributed by atoms with E-state index in [0.717, 1.165) is 17.9 Å². The summed E-state index contributed by atoms with van der Waals surface area (Å²) < 4.78 is 11.4. The number of rotatable bonds is 7. The maximum absolute atomic E-state index is 6.07. The molecule has 2 aromatic carbocycles. The van der Waals surface area contributed by atoms with Crippen molar-refractivity contribution in [1.82, 2.24) is 0 Å². The number of methoxy groups -OCH3 is 1. The molecule has 1 atom stereocenters. The molecule has 3 nitrogen and oxygen atoms in total. The van der Waals surface area contributed by atoms with Crippen molar-refractivity contribution in [3.05, 3.63) is 58.7 Å². The van der Waals surface area contributed by atoms with E-state index in [-0.39, 0.29) is 5.92 Å². The second-order valence-electron chi connectivity index (χ2n) is 6.00. The molecule has 3 heteroatoms. The van der Waals surface area contributed by atoms with Gasteiger partial charge in [-0.05, 0) is 74.0 Å². The van der Waals surface area contributed by atoms with Crippen LogP contribution in [0.4, 0.5) is 0 Å². The Labute approximate surface area is 139 Å². The first-order chi connectivity index (χ1) is 11.1. The minimum Gasteiger partial charge on any atom is -0.497 e. The van der Waals surface area contributed by atoms with Crippen LogP contribution in [-0.2, 0) is 0 Å². The predicted octanol–water partition coefficient (Wildman–Crippen LogP) is 4.13. The summed E-state index contributed by atoms with van der Waals surface area (Å²) in [6.07, 6.45) is 0.885. The first kappa shape index (κ1) is 17.4. The van der Waals surface area contributed by atoms with Gasteiger partial charge in [0.15, 0.2) is 0 Å². The van der Waals surface area contributed by atoms with Crippen molar-refractivity contribution < 1.29 is 9.47 Å². The third-order valence-corrected chi connectivity index (χ3v) is 4.44. The van der Waals surface area contributed by atoms with Gasteiger partial charge < -0.3 is 15.2 Å². The summed E-state index contributed by atoms with van der Waals surface area (Å²) >= 11 is 0. The Hall–Kier alpha value is -2.00. The van der Waals surface area contributed by atoms with Crippen LogP contribution in [-0.4, -0.2) is 20.3 Å². The van der Waals surface area contributed by atoms with Crippen LogP contribution in [0.2, 0.25) is 0 Å². The minimum atomic E-state index is 0.274. The van der Waals surface area contributed by atoms with Gasteiger partial charge in [0.05, 0.1) is 13.7 Å². The van der Waals surface area contributed by atoms with Crippen molar-refractivity contribution in [1.29, 1.82) is 0 Å². The molecular formula is C20H27NO2. The molecule has 0 saturated heterocycles. The highest BCUT2D eigenvalue weighted by molar-refractivity contribution is 5.44. The molecule has 124 valence electrons. The number of aryl methyl sites for hydroxylation is 2. The highest BCUT2D eigenvalue weighted by Crippen LogP contribution is 2.27. The van der Waals surface area contributed by atoms with Crippen molar-refractivity contribution in [2.24, 2.45) is 5.73 Å². The maximum atomic E-state index is 6.07. The quantitative estimate of drug-likeness (QED) is 0.836. The molecule has 0 aromatic heterocycles. The van der Waals surface area contributed by atoms with Gasteiger partial charge in [0.1, 0.15) is 11.5 Å². The van der Waals surface area contributed by atoms with Gasteiger partial charge >= 0.3 is 0 Å². The summed E-state index contributed by atoms with van der Waals surface area (Å²) in [4.78, 5) is 0. The lowest BCUT2D eigenvalue weighted by molar-refractivity contribution is 0.294. The number of benzene rings is 2. The SMILES string of the molecule is COc1cccc(C(CN)CCOc2c(C)ccc(C)c2C)c1. The Morgan fingerprint density at radius 1 is 1.04 bits per heavy atom. The Balaban J connectivity index is 2.03. The van der Waals surface area contributed by atoms with Crippen LogP contribution in [0, 0.1) is 20.8 Å². The molecule has 0 aliphatic carbocycles. The van der Waals surface area contributed by atoms with E-state index < -0.39 is 0 Å². The maximum Gasteiger partial charge on any atom is 0.125 e. The molecule has 0 fully saturated rings. The topological polar surface area (TPSA) is 44.5 Å². The summed E-state index contributed by atoms with van der Waals surface area (Å²) in [6, 6.07) is 12.4. The van der Waals surface area contributed by atoms with Gasteiger partial charge in [-0.3, -0.25) is 0 Å². The Morgan fingerprint density at radius 2 is 1.78 bits per heavy atom. The fraction of sp³-hybridized carbons (Fsp3) is 0.400. The first-order valence-corrected chi connectivity index (χ1v) is 8.10. The zero-order valence-corrected chi connectivity index (χ0v) is 14.6. The lowest BCUT2D eigenvalue weighted by Gasteiger charge is -2.18. The van der Waals surface area contributed by atoms with E-state index >= 15 is 0 Å². The van der Waals surface area contributed by atoms with Crippen LogP contribution < -0.4 is 15.2 Å². The van der Waals surface area contributed by atoms with Gasteiger partial charge in [-0.2, -0.15) is 0 Å². The molecule has 0 amide bonds. The van der Waals surface area contributed by atoms with Gasteiger partial charge in [0.25, 0.3) is 0 Å². The highest BCUT2D eigenvalue weighted by atomic mass is 16.5. The molecule has 1 unspecified atom stereocenters. The summed E-state index contributed by atoms with van der Waals surface area (Å²) in [7, 11) is 1.68. The summed E-state index contributed by atoms with van der Waals surface area (Å²) in [5.74, 6) is 2.15. The molecule has 2 aromatic rings. The molecule has 0 saturated carbocycles. The van der Waals surface area contributed by atoms with Gasteiger partial charge in [0.2, 0.25) is 0 Å². The lowest BCUT2D eigenvalue weighted by atomic mass is 9.96. The zero-order chi connectivity index (χ0) is 16.8. The average molecular weight is 313 g/mol. The van der Waals surface area contributed by atoms with Gasteiger partial charge in [-0.1, -0.05) is 24.3 Å². The molecule has 2 N–H and O–H groups in total. The number of nitrogens with two attached hydrogens (primary N) is 1. The fourth-order valence-corrected chi connectivity index (χ4v) is 2.77. The van der Waals surface area contributed by atoms with E-state index in [1.54, 1.807) is 7.11 Å². The molecule has 0 radical (unpaired) electrons. The minimum absolute atomic E-state index is 0.274. The van der Waals surface area contributed by atoms with E-state index in [4.69, 9.17) is 15.2 Å². The molecule has 2 rings (SSSR count). The van der Waals surface area contributed by atoms with Crippen LogP contribution in [0.5, 0.6) is 11.5 Å². The third-order valence-electron chi connectivity index (χ3n) is 4.44. The van der Waals surface area contributed by atoms with Gasteiger partial charge in [-0.25, -0.2) is 0 Å². The standard InChI is InChI=1S/C20H27NO2/c1-14-8-9-15(2)20(16(14)3)23-11-10-18(13-21)17-6-5-7-19(12-17)22-4/h5-9,12,18H,10-11,13,21H2,1-4H3. The monoisotopic (exact) mass is 313 g/mol. The molecule has 0 aliphatic heterocycles. The van der Waals surface area contributed by atoms with E-state index in [2.05, 4.69) is 45.0 Å². The van der Waals surface area contributed by atoms with Crippen LogP contribution in [0.1, 0.15) is 34.6 Å². The van der Waals surface area contributed by atoms with E-state index in [1.807, 2.05) is 12.1 Å². The Bertz CT molecular complexity index is 652. The molecule has 0 aliphatic rings. The molecule has 0 heterocycles. The number of hydrogen-bond acceptors (Lipinski definition) is 3. The number of ether oxygens (including phenoxy) is 2. The zero-order valence-electron chi connectivity index (χ0n) is 14.6.